The summed E-state index contributed by atoms with van der Waals surface area (Å²) in [6, 6.07) is 0. The molecular weight excluding hydrogens is 236 g/mol. The first-order valence-corrected chi connectivity index (χ1v) is 6.86. The van der Waals surface area contributed by atoms with Crippen LogP contribution in [0.2, 0.25) is 0 Å². The number of carbonyl (C=O) groups excluding carboxylic acids is 1. The van der Waals surface area contributed by atoms with E-state index in [1.807, 2.05) is 6.92 Å². The van der Waals surface area contributed by atoms with Gasteiger partial charge in [-0.1, -0.05) is 13.8 Å². The van der Waals surface area contributed by atoms with Crippen molar-refractivity contribution in [1.82, 2.24) is 14.7 Å². The number of anilines is 1. The molecule has 1 aromatic heterocycles. The Bertz CT molecular complexity index is 340. The van der Waals surface area contributed by atoms with E-state index in [0.717, 1.165) is 36.8 Å². The molecule has 0 spiro atoms. The van der Waals surface area contributed by atoms with E-state index in [1.165, 1.54) is 11.5 Å². The fourth-order valence-electron chi connectivity index (χ4n) is 1.29. The Labute approximate surface area is 106 Å². The lowest BCUT2D eigenvalue weighted by Crippen LogP contribution is -2.25. The average Bonchev–Trinajstić information content (AvgIpc) is 2.75. The van der Waals surface area contributed by atoms with E-state index < -0.39 is 0 Å². The molecule has 0 saturated heterocycles. The van der Waals surface area contributed by atoms with Gasteiger partial charge in [0.1, 0.15) is 5.82 Å². The predicted octanol–water partition coefficient (Wildman–Crippen LogP) is 1.82. The van der Waals surface area contributed by atoms with E-state index in [2.05, 4.69) is 26.9 Å². The second kappa shape index (κ2) is 8.00. The summed E-state index contributed by atoms with van der Waals surface area (Å²) in [6.07, 6.45) is 3.41. The Kier molecular flexibility index (Phi) is 6.54. The van der Waals surface area contributed by atoms with Crippen molar-refractivity contribution in [1.29, 1.82) is 0 Å². The van der Waals surface area contributed by atoms with Gasteiger partial charge in [-0.2, -0.15) is 4.37 Å². The number of nitrogens with one attached hydrogen (secondary N) is 2. The van der Waals surface area contributed by atoms with E-state index in [1.54, 1.807) is 0 Å². The quantitative estimate of drug-likeness (QED) is 0.744. The largest absolute Gasteiger partial charge is 0.360 e. The molecule has 0 aromatic carbocycles. The SMILES string of the molecule is CCCNC(=O)CCNc1nc(CCC)ns1. The maximum atomic E-state index is 11.3. The summed E-state index contributed by atoms with van der Waals surface area (Å²) >= 11 is 1.36. The van der Waals surface area contributed by atoms with Gasteiger partial charge in [0.25, 0.3) is 0 Å². The summed E-state index contributed by atoms with van der Waals surface area (Å²) in [4.78, 5) is 15.6. The summed E-state index contributed by atoms with van der Waals surface area (Å²) < 4.78 is 4.22. The van der Waals surface area contributed by atoms with Gasteiger partial charge in [-0.25, -0.2) is 4.98 Å². The molecule has 17 heavy (non-hydrogen) atoms. The topological polar surface area (TPSA) is 66.9 Å². The van der Waals surface area contributed by atoms with E-state index >= 15 is 0 Å². The highest BCUT2D eigenvalue weighted by Gasteiger charge is 2.04. The van der Waals surface area contributed by atoms with Crippen molar-refractivity contribution < 1.29 is 4.79 Å². The molecule has 0 fully saturated rings. The van der Waals surface area contributed by atoms with E-state index in [0.29, 0.717) is 13.0 Å². The van der Waals surface area contributed by atoms with Gasteiger partial charge in [-0.15, -0.1) is 0 Å². The van der Waals surface area contributed by atoms with Crippen molar-refractivity contribution in [3.63, 3.8) is 0 Å². The van der Waals surface area contributed by atoms with Crippen molar-refractivity contribution in [2.45, 2.75) is 39.5 Å². The Balaban J connectivity index is 2.19. The molecular formula is C11H20N4OS. The zero-order chi connectivity index (χ0) is 12.5. The molecule has 1 aromatic rings. The van der Waals surface area contributed by atoms with Crippen LogP contribution >= 0.6 is 11.5 Å². The Morgan fingerprint density at radius 2 is 2.12 bits per heavy atom. The van der Waals surface area contributed by atoms with E-state index in [4.69, 9.17) is 0 Å². The summed E-state index contributed by atoms with van der Waals surface area (Å²) in [5.41, 5.74) is 0. The van der Waals surface area contributed by atoms with Crippen LogP contribution in [0.5, 0.6) is 0 Å². The van der Waals surface area contributed by atoms with Crippen LogP contribution in [0.3, 0.4) is 0 Å². The molecule has 6 heteroatoms. The predicted molar refractivity (Wildman–Crippen MR) is 70.3 cm³/mol. The first-order valence-electron chi connectivity index (χ1n) is 6.09. The number of hydrogen-bond acceptors (Lipinski definition) is 5. The first-order chi connectivity index (χ1) is 8.26. The third-order valence-corrected chi connectivity index (χ3v) is 2.85. The summed E-state index contributed by atoms with van der Waals surface area (Å²) in [5, 5.41) is 6.75. The molecule has 96 valence electrons. The van der Waals surface area contributed by atoms with Crippen LogP contribution < -0.4 is 10.6 Å². The number of aromatic nitrogens is 2. The van der Waals surface area contributed by atoms with Gasteiger partial charge < -0.3 is 10.6 Å². The lowest BCUT2D eigenvalue weighted by atomic mass is 10.3. The molecule has 0 aliphatic heterocycles. The third kappa shape index (κ3) is 5.63. The molecule has 2 N–H and O–H groups in total. The normalized spacial score (nSPS) is 10.2. The van der Waals surface area contributed by atoms with Crippen LogP contribution in [-0.4, -0.2) is 28.4 Å². The maximum absolute atomic E-state index is 11.3. The number of rotatable bonds is 8. The van der Waals surface area contributed by atoms with Gasteiger partial charge in [-0.05, 0) is 12.8 Å². The van der Waals surface area contributed by atoms with Crippen molar-refractivity contribution >= 4 is 22.6 Å². The zero-order valence-corrected chi connectivity index (χ0v) is 11.3. The second-order valence-electron chi connectivity index (χ2n) is 3.79. The number of aryl methyl sites for hydroxylation is 1. The van der Waals surface area contributed by atoms with Gasteiger partial charge >= 0.3 is 0 Å². The highest BCUT2D eigenvalue weighted by molar-refractivity contribution is 7.09. The summed E-state index contributed by atoms with van der Waals surface area (Å²) in [7, 11) is 0. The van der Waals surface area contributed by atoms with Crippen LogP contribution in [0, 0.1) is 0 Å². The lowest BCUT2D eigenvalue weighted by Gasteiger charge is -2.03. The van der Waals surface area contributed by atoms with Gasteiger partial charge in [0, 0.05) is 37.5 Å². The Hall–Kier alpha value is -1.17. The number of hydrogen-bond donors (Lipinski definition) is 2. The van der Waals surface area contributed by atoms with E-state index in [9.17, 15) is 4.79 Å². The van der Waals surface area contributed by atoms with E-state index in [-0.39, 0.29) is 5.91 Å². The highest BCUT2D eigenvalue weighted by Crippen LogP contribution is 2.11. The average molecular weight is 256 g/mol. The van der Waals surface area contributed by atoms with Crippen LogP contribution in [0.1, 0.15) is 38.9 Å². The summed E-state index contributed by atoms with van der Waals surface area (Å²) in [6.45, 7) is 5.50. The molecule has 0 unspecified atom stereocenters. The van der Waals surface area contributed by atoms with Crippen molar-refractivity contribution in [3.05, 3.63) is 5.82 Å². The van der Waals surface area contributed by atoms with Crippen molar-refractivity contribution in [2.75, 3.05) is 18.4 Å². The van der Waals surface area contributed by atoms with Crippen molar-refractivity contribution in [3.8, 4) is 0 Å². The third-order valence-electron chi connectivity index (χ3n) is 2.14. The second-order valence-corrected chi connectivity index (χ2v) is 4.54. The molecule has 0 aliphatic rings. The van der Waals surface area contributed by atoms with Crippen LogP contribution in [0.15, 0.2) is 0 Å². The molecule has 1 heterocycles. The Morgan fingerprint density at radius 3 is 2.82 bits per heavy atom. The minimum atomic E-state index is 0.0812. The lowest BCUT2D eigenvalue weighted by molar-refractivity contribution is -0.120. The Morgan fingerprint density at radius 1 is 1.29 bits per heavy atom. The summed E-state index contributed by atoms with van der Waals surface area (Å²) in [5.74, 6) is 0.966. The monoisotopic (exact) mass is 256 g/mol. The number of amides is 1. The molecule has 0 saturated carbocycles. The minimum Gasteiger partial charge on any atom is -0.360 e. The van der Waals surface area contributed by atoms with Crippen LogP contribution in [0.25, 0.3) is 0 Å². The van der Waals surface area contributed by atoms with Crippen LogP contribution in [-0.2, 0) is 11.2 Å². The fourth-order valence-corrected chi connectivity index (χ4v) is 1.92. The van der Waals surface area contributed by atoms with Gasteiger partial charge in [-0.3, -0.25) is 4.79 Å². The number of carbonyl (C=O) groups is 1. The number of nitrogens with zero attached hydrogens (tertiary/aromatic N) is 2. The first kappa shape index (κ1) is 13.9. The molecule has 5 nitrogen and oxygen atoms in total. The molecule has 0 bridgehead atoms. The van der Waals surface area contributed by atoms with Crippen molar-refractivity contribution in [2.24, 2.45) is 0 Å². The van der Waals surface area contributed by atoms with Gasteiger partial charge in [0.15, 0.2) is 0 Å². The molecule has 1 rings (SSSR count). The molecule has 0 aliphatic carbocycles. The standard InChI is InChI=1S/C11H20N4OS/c1-3-5-9-14-11(17-15-9)13-8-6-10(16)12-7-4-2/h3-8H2,1-2H3,(H,12,16)(H,13,14,15). The molecule has 1 amide bonds. The van der Waals surface area contributed by atoms with Gasteiger partial charge in [0.05, 0.1) is 0 Å². The van der Waals surface area contributed by atoms with Gasteiger partial charge in [0.2, 0.25) is 11.0 Å². The highest BCUT2D eigenvalue weighted by atomic mass is 32.1. The smallest absolute Gasteiger partial charge is 0.221 e. The fraction of sp³-hybridized carbons (Fsp3) is 0.727. The molecule has 0 radical (unpaired) electrons. The zero-order valence-electron chi connectivity index (χ0n) is 10.5. The minimum absolute atomic E-state index is 0.0812. The maximum Gasteiger partial charge on any atom is 0.221 e. The molecule has 0 atom stereocenters. The van der Waals surface area contributed by atoms with Crippen LogP contribution in [0.4, 0.5) is 5.13 Å².